The van der Waals surface area contributed by atoms with E-state index in [2.05, 4.69) is 32.2 Å². The molecule has 0 radical (unpaired) electrons. The largest absolute Gasteiger partial charge is 0.478 e. The van der Waals surface area contributed by atoms with E-state index in [-0.39, 0.29) is 5.56 Å². The highest BCUT2D eigenvalue weighted by Crippen LogP contribution is 2.30. The standard InChI is InChI=1S/C23H20N6O2/c1-2-14-29(22-20(23(30)31)8-5-13-24-22)15-16-9-11-17(12-10-16)18-6-3-4-7-19(18)21-25-27-28-26-21/h2-13H,1,14-15H2,(H,30,31)(H,25,26,27,28). The van der Waals surface area contributed by atoms with Crippen molar-refractivity contribution in [2.75, 3.05) is 11.4 Å². The number of carboxylic acid groups (broad SMARTS) is 1. The number of tetrazole rings is 1. The molecule has 2 heterocycles. The SMILES string of the molecule is C=CCN(Cc1ccc(-c2ccccc2-c2nn[nH]n2)cc1)c1ncccc1C(=O)O. The van der Waals surface area contributed by atoms with Gasteiger partial charge in [0.25, 0.3) is 0 Å². The molecule has 0 saturated heterocycles. The van der Waals surface area contributed by atoms with Gasteiger partial charge in [-0.2, -0.15) is 5.21 Å². The average Bonchev–Trinajstić information content (AvgIpc) is 3.34. The number of benzene rings is 2. The van der Waals surface area contributed by atoms with Crippen LogP contribution < -0.4 is 4.90 Å². The monoisotopic (exact) mass is 412 g/mol. The van der Waals surface area contributed by atoms with Gasteiger partial charge < -0.3 is 10.0 Å². The molecule has 0 unspecified atom stereocenters. The van der Waals surface area contributed by atoms with Crippen molar-refractivity contribution in [3.05, 3.63) is 90.6 Å². The number of nitrogens with zero attached hydrogens (tertiary/aromatic N) is 5. The number of aromatic amines is 1. The third kappa shape index (κ3) is 4.32. The van der Waals surface area contributed by atoms with Gasteiger partial charge in [0.1, 0.15) is 11.4 Å². The number of carbonyl (C=O) groups is 1. The van der Waals surface area contributed by atoms with E-state index in [0.717, 1.165) is 22.3 Å². The summed E-state index contributed by atoms with van der Waals surface area (Å²) in [6.07, 6.45) is 3.33. The Morgan fingerprint density at radius 3 is 2.52 bits per heavy atom. The van der Waals surface area contributed by atoms with Crippen molar-refractivity contribution >= 4 is 11.8 Å². The number of anilines is 1. The predicted octanol–water partition coefficient (Wildman–Crippen LogP) is 3.82. The van der Waals surface area contributed by atoms with Gasteiger partial charge >= 0.3 is 5.97 Å². The fourth-order valence-electron chi connectivity index (χ4n) is 3.41. The molecule has 0 spiro atoms. The summed E-state index contributed by atoms with van der Waals surface area (Å²) < 4.78 is 0. The number of aromatic nitrogens is 5. The van der Waals surface area contributed by atoms with Crippen LogP contribution in [0, 0.1) is 0 Å². The van der Waals surface area contributed by atoms with Gasteiger partial charge in [-0.05, 0) is 34.0 Å². The number of nitrogens with one attached hydrogen (secondary N) is 1. The molecule has 0 atom stereocenters. The van der Waals surface area contributed by atoms with Crippen LogP contribution in [-0.2, 0) is 6.54 Å². The number of hydrogen-bond acceptors (Lipinski definition) is 6. The van der Waals surface area contributed by atoms with Crippen LogP contribution in [0.25, 0.3) is 22.5 Å². The first-order chi connectivity index (χ1) is 15.2. The minimum atomic E-state index is -1.01. The lowest BCUT2D eigenvalue weighted by molar-refractivity contribution is 0.0697. The summed E-state index contributed by atoms with van der Waals surface area (Å²) in [5, 5.41) is 23.8. The molecule has 0 fully saturated rings. The molecule has 0 aliphatic rings. The number of carboxylic acids is 1. The number of H-pyrrole nitrogens is 1. The summed E-state index contributed by atoms with van der Waals surface area (Å²) in [5.41, 5.74) is 4.08. The van der Waals surface area contributed by atoms with Gasteiger partial charge in [0.2, 0.25) is 5.82 Å². The zero-order valence-electron chi connectivity index (χ0n) is 16.6. The van der Waals surface area contributed by atoms with Crippen molar-refractivity contribution in [2.24, 2.45) is 0 Å². The normalized spacial score (nSPS) is 10.6. The molecular weight excluding hydrogens is 392 g/mol. The van der Waals surface area contributed by atoms with Crippen molar-refractivity contribution in [2.45, 2.75) is 6.54 Å². The molecule has 8 nitrogen and oxygen atoms in total. The van der Waals surface area contributed by atoms with Gasteiger partial charge in [-0.3, -0.25) is 0 Å². The second kappa shape index (κ2) is 9.00. The Labute approximate surface area is 178 Å². The average molecular weight is 412 g/mol. The number of hydrogen-bond donors (Lipinski definition) is 2. The minimum Gasteiger partial charge on any atom is -0.478 e. The summed E-state index contributed by atoms with van der Waals surface area (Å²) >= 11 is 0. The van der Waals surface area contributed by atoms with Crippen LogP contribution in [0.4, 0.5) is 5.82 Å². The smallest absolute Gasteiger partial charge is 0.339 e. The molecule has 154 valence electrons. The third-order valence-corrected chi connectivity index (χ3v) is 4.82. The van der Waals surface area contributed by atoms with Crippen LogP contribution in [0.5, 0.6) is 0 Å². The molecular formula is C23H20N6O2. The van der Waals surface area contributed by atoms with E-state index >= 15 is 0 Å². The van der Waals surface area contributed by atoms with Gasteiger partial charge in [-0.25, -0.2) is 9.78 Å². The van der Waals surface area contributed by atoms with Crippen LogP contribution in [0.2, 0.25) is 0 Å². The number of rotatable bonds is 8. The highest BCUT2D eigenvalue weighted by atomic mass is 16.4. The zero-order chi connectivity index (χ0) is 21.6. The molecule has 8 heteroatoms. The van der Waals surface area contributed by atoms with Crippen molar-refractivity contribution in [3.8, 4) is 22.5 Å². The zero-order valence-corrected chi connectivity index (χ0v) is 16.6. The van der Waals surface area contributed by atoms with E-state index in [1.165, 1.54) is 0 Å². The number of aromatic carboxylic acids is 1. The van der Waals surface area contributed by atoms with Crippen LogP contribution >= 0.6 is 0 Å². The molecule has 2 N–H and O–H groups in total. The summed E-state index contributed by atoms with van der Waals surface area (Å²) in [6, 6.07) is 19.1. The van der Waals surface area contributed by atoms with Gasteiger partial charge in [0.15, 0.2) is 0 Å². The fraction of sp³-hybridized carbons (Fsp3) is 0.0870. The first-order valence-corrected chi connectivity index (χ1v) is 9.63. The minimum absolute atomic E-state index is 0.162. The molecule has 4 aromatic rings. The van der Waals surface area contributed by atoms with E-state index in [1.54, 1.807) is 24.4 Å². The van der Waals surface area contributed by atoms with Gasteiger partial charge in [-0.15, -0.1) is 16.8 Å². The maximum atomic E-state index is 11.6. The van der Waals surface area contributed by atoms with Crippen molar-refractivity contribution < 1.29 is 9.90 Å². The summed E-state index contributed by atoms with van der Waals surface area (Å²) in [7, 11) is 0. The lowest BCUT2D eigenvalue weighted by atomic mass is 9.98. The van der Waals surface area contributed by atoms with E-state index in [1.807, 2.05) is 53.4 Å². The molecule has 31 heavy (non-hydrogen) atoms. The maximum Gasteiger partial charge on any atom is 0.339 e. The second-order valence-corrected chi connectivity index (χ2v) is 6.83. The lowest BCUT2D eigenvalue weighted by Crippen LogP contribution is -2.25. The Morgan fingerprint density at radius 2 is 1.84 bits per heavy atom. The van der Waals surface area contributed by atoms with Crippen LogP contribution in [0.1, 0.15) is 15.9 Å². The van der Waals surface area contributed by atoms with Crippen molar-refractivity contribution in [3.63, 3.8) is 0 Å². The highest BCUT2D eigenvalue weighted by molar-refractivity contribution is 5.93. The Bertz CT molecular complexity index is 1190. The molecule has 4 rings (SSSR count). The highest BCUT2D eigenvalue weighted by Gasteiger charge is 2.17. The Morgan fingerprint density at radius 1 is 1.06 bits per heavy atom. The van der Waals surface area contributed by atoms with Crippen LogP contribution in [0.3, 0.4) is 0 Å². The summed E-state index contributed by atoms with van der Waals surface area (Å²) in [4.78, 5) is 17.8. The molecule has 2 aromatic heterocycles. The molecule has 0 aliphatic carbocycles. The third-order valence-electron chi connectivity index (χ3n) is 4.82. The van der Waals surface area contributed by atoms with Crippen molar-refractivity contribution in [1.82, 2.24) is 25.6 Å². The predicted molar refractivity (Wildman–Crippen MR) is 117 cm³/mol. The van der Waals surface area contributed by atoms with Crippen LogP contribution in [-0.4, -0.2) is 43.2 Å². The van der Waals surface area contributed by atoms with Crippen molar-refractivity contribution in [1.29, 1.82) is 0 Å². The number of pyridine rings is 1. The summed E-state index contributed by atoms with van der Waals surface area (Å²) in [6.45, 7) is 4.76. The van der Waals surface area contributed by atoms with Gasteiger partial charge in [0.05, 0.1) is 0 Å². The lowest BCUT2D eigenvalue weighted by Gasteiger charge is -2.24. The van der Waals surface area contributed by atoms with E-state index in [0.29, 0.717) is 24.7 Å². The van der Waals surface area contributed by atoms with E-state index in [4.69, 9.17) is 0 Å². The molecule has 0 aliphatic heterocycles. The Balaban J connectivity index is 1.62. The molecule has 2 aromatic carbocycles. The van der Waals surface area contributed by atoms with E-state index in [9.17, 15) is 9.90 Å². The van der Waals surface area contributed by atoms with E-state index < -0.39 is 5.97 Å². The first kappa shape index (κ1) is 20.0. The Hall–Kier alpha value is -4.33. The maximum absolute atomic E-state index is 11.6. The second-order valence-electron chi connectivity index (χ2n) is 6.83. The van der Waals surface area contributed by atoms with Crippen LogP contribution in [0.15, 0.2) is 79.5 Å². The molecule has 0 amide bonds. The fourth-order valence-corrected chi connectivity index (χ4v) is 3.41. The summed E-state index contributed by atoms with van der Waals surface area (Å²) in [5.74, 6) is -0.0554. The molecule has 0 saturated carbocycles. The first-order valence-electron chi connectivity index (χ1n) is 9.63. The van der Waals surface area contributed by atoms with Gasteiger partial charge in [-0.1, -0.05) is 54.6 Å². The quantitative estimate of drug-likeness (QED) is 0.424. The Kier molecular flexibility index (Phi) is 5.79. The van der Waals surface area contributed by atoms with Gasteiger partial charge in [0, 0.05) is 24.8 Å². The topological polar surface area (TPSA) is 108 Å². The molecule has 0 bridgehead atoms.